The zero-order chi connectivity index (χ0) is 9.19. The van der Waals surface area contributed by atoms with Gasteiger partial charge >= 0.3 is 0 Å². The molecule has 0 spiro atoms. The van der Waals surface area contributed by atoms with E-state index in [1.807, 2.05) is 0 Å². The summed E-state index contributed by atoms with van der Waals surface area (Å²) < 4.78 is 21.4. The van der Waals surface area contributed by atoms with Crippen LogP contribution in [-0.2, 0) is 19.5 Å². The van der Waals surface area contributed by atoms with Gasteiger partial charge in [0.1, 0.15) is 9.84 Å². The molecule has 0 aromatic rings. The standard InChI is InChI=1S/C6H10NO4S/c1-12(9,10)5-3-7-6(8)2-4-11-7/h2H,3-5H2,1H3. The zero-order valence-electron chi connectivity index (χ0n) is 6.69. The second kappa shape index (κ2) is 3.40. The first-order chi connectivity index (χ1) is 5.49. The first-order valence-electron chi connectivity index (χ1n) is 3.44. The molecule has 1 rings (SSSR count). The molecule has 1 heterocycles. The van der Waals surface area contributed by atoms with Gasteiger partial charge in [-0.25, -0.2) is 13.5 Å². The summed E-state index contributed by atoms with van der Waals surface area (Å²) in [5.41, 5.74) is 0. The van der Waals surface area contributed by atoms with Crippen molar-refractivity contribution in [2.75, 3.05) is 25.2 Å². The van der Waals surface area contributed by atoms with Crippen LogP contribution in [0.15, 0.2) is 0 Å². The number of hydroxylamine groups is 2. The zero-order valence-corrected chi connectivity index (χ0v) is 7.50. The molecule has 5 nitrogen and oxygen atoms in total. The summed E-state index contributed by atoms with van der Waals surface area (Å²) in [5, 5.41) is 1.06. The van der Waals surface area contributed by atoms with Crippen LogP contribution in [0.2, 0.25) is 0 Å². The monoisotopic (exact) mass is 192 g/mol. The highest BCUT2D eigenvalue weighted by Crippen LogP contribution is 2.04. The molecule has 0 bridgehead atoms. The van der Waals surface area contributed by atoms with Crippen LogP contribution in [-0.4, -0.2) is 44.5 Å². The van der Waals surface area contributed by atoms with E-state index >= 15 is 0 Å². The van der Waals surface area contributed by atoms with Gasteiger partial charge in [0.05, 0.1) is 25.3 Å². The number of hydrogen-bond acceptors (Lipinski definition) is 4. The highest BCUT2D eigenvalue weighted by molar-refractivity contribution is 7.90. The Labute approximate surface area is 71.2 Å². The second-order valence-corrected chi connectivity index (χ2v) is 4.83. The Bertz CT molecular complexity index is 271. The van der Waals surface area contributed by atoms with Crippen LogP contribution in [0.25, 0.3) is 0 Å². The quantitative estimate of drug-likeness (QED) is 0.576. The predicted octanol–water partition coefficient (Wildman–Crippen LogP) is -0.991. The van der Waals surface area contributed by atoms with E-state index in [0.717, 1.165) is 11.3 Å². The number of nitrogens with zero attached hydrogens (tertiary/aromatic N) is 1. The normalized spacial score (nSPS) is 18.8. The molecule has 1 aliphatic rings. The molecule has 1 saturated heterocycles. The summed E-state index contributed by atoms with van der Waals surface area (Å²) in [6, 6.07) is 0. The second-order valence-electron chi connectivity index (χ2n) is 2.57. The van der Waals surface area contributed by atoms with Crippen LogP contribution in [0.1, 0.15) is 0 Å². The first kappa shape index (κ1) is 9.47. The first-order valence-corrected chi connectivity index (χ1v) is 5.50. The van der Waals surface area contributed by atoms with Gasteiger partial charge in [0.15, 0.2) is 0 Å². The Balaban J connectivity index is 2.37. The van der Waals surface area contributed by atoms with Crippen molar-refractivity contribution in [2.24, 2.45) is 0 Å². The molecule has 6 heteroatoms. The fourth-order valence-corrected chi connectivity index (χ4v) is 1.28. The van der Waals surface area contributed by atoms with Gasteiger partial charge in [-0.15, -0.1) is 0 Å². The van der Waals surface area contributed by atoms with E-state index in [9.17, 15) is 13.2 Å². The van der Waals surface area contributed by atoms with Crippen molar-refractivity contribution < 1.29 is 18.0 Å². The molecule has 1 amide bonds. The molecule has 12 heavy (non-hydrogen) atoms. The number of hydrogen-bond donors (Lipinski definition) is 0. The van der Waals surface area contributed by atoms with Gasteiger partial charge in [-0.3, -0.25) is 9.63 Å². The Morgan fingerprint density at radius 1 is 1.67 bits per heavy atom. The summed E-state index contributed by atoms with van der Waals surface area (Å²) >= 11 is 0. The number of carbonyl (C=O) groups is 1. The lowest BCUT2D eigenvalue weighted by molar-refractivity contribution is -0.159. The van der Waals surface area contributed by atoms with Gasteiger partial charge in [0.2, 0.25) is 0 Å². The Hall–Kier alpha value is -0.620. The summed E-state index contributed by atoms with van der Waals surface area (Å²) in [6.45, 7) is 0.344. The molecule has 0 aliphatic carbocycles. The Kier molecular flexibility index (Phi) is 2.69. The molecule has 0 aromatic heterocycles. The van der Waals surface area contributed by atoms with Crippen molar-refractivity contribution in [3.8, 4) is 0 Å². The average molecular weight is 192 g/mol. The third-order valence-corrected chi connectivity index (χ3v) is 2.32. The van der Waals surface area contributed by atoms with E-state index in [2.05, 4.69) is 0 Å². The molecular weight excluding hydrogens is 182 g/mol. The van der Waals surface area contributed by atoms with Crippen LogP contribution in [0.3, 0.4) is 0 Å². The highest BCUT2D eigenvalue weighted by Gasteiger charge is 2.22. The molecule has 1 fully saturated rings. The number of amides is 1. The molecule has 0 atom stereocenters. The van der Waals surface area contributed by atoms with Gasteiger partial charge in [-0.2, -0.15) is 0 Å². The molecule has 69 valence electrons. The largest absolute Gasteiger partial charge is 0.272 e. The summed E-state index contributed by atoms with van der Waals surface area (Å²) in [7, 11) is -3.02. The summed E-state index contributed by atoms with van der Waals surface area (Å²) in [4.78, 5) is 15.7. The van der Waals surface area contributed by atoms with Crippen molar-refractivity contribution in [3.05, 3.63) is 6.42 Å². The average Bonchev–Trinajstić information content (AvgIpc) is 2.29. The lowest BCUT2D eigenvalue weighted by Gasteiger charge is -2.12. The van der Waals surface area contributed by atoms with E-state index in [-0.39, 0.29) is 24.8 Å². The van der Waals surface area contributed by atoms with E-state index in [4.69, 9.17) is 4.84 Å². The van der Waals surface area contributed by atoms with Crippen molar-refractivity contribution in [1.29, 1.82) is 0 Å². The molecular formula is C6H10NO4S. The topological polar surface area (TPSA) is 63.7 Å². The number of carbonyl (C=O) groups excluding carboxylic acids is 1. The molecule has 1 radical (unpaired) electrons. The van der Waals surface area contributed by atoms with Crippen LogP contribution in [0.5, 0.6) is 0 Å². The lowest BCUT2D eigenvalue weighted by Crippen LogP contribution is -2.28. The third-order valence-electron chi connectivity index (χ3n) is 1.40. The minimum Gasteiger partial charge on any atom is -0.272 e. The minimum absolute atomic E-state index is 0.0629. The van der Waals surface area contributed by atoms with Crippen LogP contribution in [0, 0.1) is 6.42 Å². The molecule has 0 saturated carbocycles. The Morgan fingerprint density at radius 3 is 2.75 bits per heavy atom. The van der Waals surface area contributed by atoms with Crippen LogP contribution < -0.4 is 0 Å². The third kappa shape index (κ3) is 2.78. The van der Waals surface area contributed by atoms with Crippen molar-refractivity contribution in [3.63, 3.8) is 0 Å². The van der Waals surface area contributed by atoms with Gasteiger partial charge in [-0.05, 0) is 0 Å². The van der Waals surface area contributed by atoms with E-state index < -0.39 is 9.84 Å². The number of rotatable bonds is 3. The van der Waals surface area contributed by atoms with E-state index in [1.54, 1.807) is 0 Å². The Morgan fingerprint density at radius 2 is 2.33 bits per heavy atom. The lowest BCUT2D eigenvalue weighted by atomic mass is 10.4. The van der Waals surface area contributed by atoms with Crippen LogP contribution in [0.4, 0.5) is 0 Å². The van der Waals surface area contributed by atoms with Gasteiger partial charge in [0.25, 0.3) is 5.91 Å². The SMILES string of the molecule is CS(=O)(=O)CCN1OC[CH]C1=O. The van der Waals surface area contributed by atoms with Gasteiger partial charge in [-0.1, -0.05) is 0 Å². The fraction of sp³-hybridized carbons (Fsp3) is 0.667. The van der Waals surface area contributed by atoms with Crippen molar-refractivity contribution in [1.82, 2.24) is 5.06 Å². The molecule has 0 N–H and O–H groups in total. The molecule has 0 unspecified atom stereocenters. The van der Waals surface area contributed by atoms with E-state index in [0.29, 0.717) is 0 Å². The maximum atomic E-state index is 10.8. The predicted molar refractivity (Wildman–Crippen MR) is 41.7 cm³/mol. The van der Waals surface area contributed by atoms with E-state index in [1.165, 1.54) is 6.42 Å². The fourth-order valence-electron chi connectivity index (χ4n) is 0.787. The van der Waals surface area contributed by atoms with Crippen LogP contribution >= 0.6 is 0 Å². The highest BCUT2D eigenvalue weighted by atomic mass is 32.2. The molecule has 0 aromatic carbocycles. The van der Waals surface area contributed by atoms with Gasteiger partial charge in [0, 0.05) is 6.26 Å². The number of sulfone groups is 1. The summed E-state index contributed by atoms with van der Waals surface area (Å²) in [5.74, 6) is -0.328. The van der Waals surface area contributed by atoms with Crippen molar-refractivity contribution >= 4 is 15.7 Å². The summed E-state index contributed by atoms with van der Waals surface area (Å²) in [6.07, 6.45) is 2.49. The van der Waals surface area contributed by atoms with Gasteiger partial charge < -0.3 is 0 Å². The minimum atomic E-state index is -3.02. The molecule has 1 aliphatic heterocycles. The van der Waals surface area contributed by atoms with Crippen molar-refractivity contribution in [2.45, 2.75) is 0 Å². The smallest absolute Gasteiger partial charge is 0.252 e. The maximum absolute atomic E-state index is 10.8. The maximum Gasteiger partial charge on any atom is 0.252 e.